The lowest BCUT2D eigenvalue weighted by Crippen LogP contribution is -2.14. The molecule has 0 saturated carbocycles. The van der Waals surface area contributed by atoms with Crippen LogP contribution in [0.4, 0.5) is 11.4 Å². The summed E-state index contributed by atoms with van der Waals surface area (Å²) in [7, 11) is 0. The van der Waals surface area contributed by atoms with Crippen LogP contribution in [-0.2, 0) is 4.79 Å². The van der Waals surface area contributed by atoms with Crippen LogP contribution in [0.5, 0.6) is 11.5 Å². The Morgan fingerprint density at radius 2 is 2.00 bits per heavy atom. The Balaban J connectivity index is 1.97. The summed E-state index contributed by atoms with van der Waals surface area (Å²) in [5.41, 5.74) is 0.905. The van der Waals surface area contributed by atoms with Crippen molar-refractivity contribution in [1.82, 2.24) is 0 Å². The number of hydrogen-bond donors (Lipinski definition) is 1. The zero-order chi connectivity index (χ0) is 18.7. The van der Waals surface area contributed by atoms with E-state index in [4.69, 9.17) is 9.47 Å². The van der Waals surface area contributed by atoms with Crippen molar-refractivity contribution in [2.45, 2.75) is 6.92 Å². The first-order chi connectivity index (χ1) is 12.5. The standard InChI is InChI=1S/C18H13N3O5/c1-11-4-2-3-5-14(11)20-18(22)13(9-19)6-12-7-16-17(26-10-25-16)8-15(12)21(23)24/h2-8H,10H2,1H3,(H,20,22)/b13-6+. The second-order valence-corrected chi connectivity index (χ2v) is 5.46. The normalized spacial score (nSPS) is 12.4. The van der Waals surface area contributed by atoms with E-state index in [0.29, 0.717) is 11.4 Å². The number of hydrogen-bond acceptors (Lipinski definition) is 6. The Labute approximate surface area is 148 Å². The zero-order valence-electron chi connectivity index (χ0n) is 13.7. The lowest BCUT2D eigenvalue weighted by Gasteiger charge is -2.07. The van der Waals surface area contributed by atoms with Crippen molar-refractivity contribution in [3.63, 3.8) is 0 Å². The van der Waals surface area contributed by atoms with Gasteiger partial charge in [0, 0.05) is 5.69 Å². The summed E-state index contributed by atoms with van der Waals surface area (Å²) in [5, 5.41) is 23.2. The minimum Gasteiger partial charge on any atom is -0.454 e. The first-order valence-electron chi connectivity index (χ1n) is 7.56. The van der Waals surface area contributed by atoms with Gasteiger partial charge in [0.25, 0.3) is 11.6 Å². The highest BCUT2D eigenvalue weighted by Gasteiger charge is 2.23. The van der Waals surface area contributed by atoms with E-state index in [9.17, 15) is 20.2 Å². The predicted molar refractivity (Wildman–Crippen MR) is 92.6 cm³/mol. The molecular formula is C18H13N3O5. The van der Waals surface area contributed by atoms with Gasteiger partial charge in [-0.2, -0.15) is 5.26 Å². The Hall–Kier alpha value is -3.86. The van der Waals surface area contributed by atoms with Crippen LogP contribution < -0.4 is 14.8 Å². The number of anilines is 1. The summed E-state index contributed by atoms with van der Waals surface area (Å²) in [6.07, 6.45) is 1.16. The molecule has 0 bridgehead atoms. The molecule has 0 spiro atoms. The van der Waals surface area contributed by atoms with Crippen LogP contribution in [0.15, 0.2) is 42.0 Å². The summed E-state index contributed by atoms with van der Waals surface area (Å²) in [4.78, 5) is 23.1. The Morgan fingerprint density at radius 1 is 1.31 bits per heavy atom. The average Bonchev–Trinajstić information content (AvgIpc) is 3.08. The number of nitro groups is 1. The number of rotatable bonds is 4. The van der Waals surface area contributed by atoms with Gasteiger partial charge in [0.2, 0.25) is 6.79 Å². The monoisotopic (exact) mass is 351 g/mol. The van der Waals surface area contributed by atoms with Gasteiger partial charge in [-0.1, -0.05) is 18.2 Å². The highest BCUT2D eigenvalue weighted by molar-refractivity contribution is 6.10. The molecule has 0 radical (unpaired) electrons. The van der Waals surface area contributed by atoms with Gasteiger partial charge in [0.15, 0.2) is 11.5 Å². The van der Waals surface area contributed by atoms with Crippen LogP contribution in [0.1, 0.15) is 11.1 Å². The second kappa shape index (κ2) is 6.94. The van der Waals surface area contributed by atoms with Crippen LogP contribution >= 0.6 is 0 Å². The van der Waals surface area contributed by atoms with E-state index in [2.05, 4.69) is 5.32 Å². The average molecular weight is 351 g/mol. The van der Waals surface area contributed by atoms with Gasteiger partial charge in [-0.15, -0.1) is 0 Å². The maximum Gasteiger partial charge on any atom is 0.280 e. The third-order valence-electron chi connectivity index (χ3n) is 3.78. The summed E-state index contributed by atoms with van der Waals surface area (Å²) in [6.45, 7) is 1.77. The van der Waals surface area contributed by atoms with Gasteiger partial charge >= 0.3 is 0 Å². The number of ether oxygens (including phenoxy) is 2. The van der Waals surface area contributed by atoms with Gasteiger partial charge in [0.1, 0.15) is 11.6 Å². The molecular weight excluding hydrogens is 338 g/mol. The number of nitriles is 1. The molecule has 130 valence electrons. The van der Waals surface area contributed by atoms with Crippen LogP contribution in [0.3, 0.4) is 0 Å². The molecule has 26 heavy (non-hydrogen) atoms. The van der Waals surface area contributed by atoms with E-state index in [1.807, 2.05) is 19.1 Å². The molecule has 0 unspecified atom stereocenters. The highest BCUT2D eigenvalue weighted by Crippen LogP contribution is 2.38. The van der Waals surface area contributed by atoms with Crippen LogP contribution in [0.2, 0.25) is 0 Å². The van der Waals surface area contributed by atoms with Crippen molar-refractivity contribution in [1.29, 1.82) is 5.26 Å². The van der Waals surface area contributed by atoms with Crippen molar-refractivity contribution >= 4 is 23.4 Å². The minimum atomic E-state index is -0.659. The van der Waals surface area contributed by atoms with Gasteiger partial charge in [-0.05, 0) is 30.7 Å². The van der Waals surface area contributed by atoms with Crippen molar-refractivity contribution in [3.05, 3.63) is 63.2 Å². The molecule has 0 aromatic heterocycles. The fraction of sp³-hybridized carbons (Fsp3) is 0.111. The quantitative estimate of drug-likeness (QED) is 0.391. The maximum atomic E-state index is 12.4. The highest BCUT2D eigenvalue weighted by atomic mass is 16.7. The number of nitrogens with zero attached hydrogens (tertiary/aromatic N) is 2. The Bertz CT molecular complexity index is 975. The third kappa shape index (κ3) is 3.32. The third-order valence-corrected chi connectivity index (χ3v) is 3.78. The first-order valence-corrected chi connectivity index (χ1v) is 7.56. The van der Waals surface area contributed by atoms with Gasteiger partial charge in [0.05, 0.1) is 16.6 Å². The van der Waals surface area contributed by atoms with Crippen LogP contribution in [0, 0.1) is 28.4 Å². The molecule has 2 aromatic rings. The molecule has 3 rings (SSSR count). The largest absolute Gasteiger partial charge is 0.454 e. The fourth-order valence-electron chi connectivity index (χ4n) is 2.43. The van der Waals surface area contributed by atoms with Gasteiger partial charge in [-0.25, -0.2) is 0 Å². The lowest BCUT2D eigenvalue weighted by molar-refractivity contribution is -0.385. The van der Waals surface area contributed by atoms with E-state index in [1.54, 1.807) is 18.2 Å². The molecule has 1 amide bonds. The molecule has 1 aliphatic rings. The lowest BCUT2D eigenvalue weighted by atomic mass is 10.1. The van der Waals surface area contributed by atoms with E-state index in [0.717, 1.165) is 11.6 Å². The molecule has 8 nitrogen and oxygen atoms in total. The Morgan fingerprint density at radius 3 is 2.65 bits per heavy atom. The topological polar surface area (TPSA) is 114 Å². The predicted octanol–water partition coefficient (Wildman–Crippen LogP) is 3.18. The second-order valence-electron chi connectivity index (χ2n) is 5.46. The van der Waals surface area contributed by atoms with Crippen molar-refractivity contribution in [2.75, 3.05) is 12.1 Å². The van der Waals surface area contributed by atoms with E-state index in [1.165, 1.54) is 12.1 Å². The molecule has 1 N–H and O–H groups in total. The minimum absolute atomic E-state index is 0.0431. The number of fused-ring (bicyclic) bond motifs is 1. The smallest absolute Gasteiger partial charge is 0.280 e. The summed E-state index contributed by atoms with van der Waals surface area (Å²) < 4.78 is 10.3. The molecule has 0 fully saturated rings. The number of benzene rings is 2. The maximum absolute atomic E-state index is 12.4. The van der Waals surface area contributed by atoms with Crippen molar-refractivity contribution < 1.29 is 19.2 Å². The summed E-state index contributed by atoms with van der Waals surface area (Å²) >= 11 is 0. The number of nitro benzene ring substituents is 1. The molecule has 2 aromatic carbocycles. The fourth-order valence-corrected chi connectivity index (χ4v) is 2.43. The number of carbonyl (C=O) groups excluding carboxylic acids is 1. The molecule has 0 saturated heterocycles. The summed E-state index contributed by atoms with van der Waals surface area (Å²) in [5.74, 6) is -0.0936. The number of amides is 1. The number of para-hydroxylation sites is 1. The van der Waals surface area contributed by atoms with Crippen molar-refractivity contribution in [3.8, 4) is 17.6 Å². The van der Waals surface area contributed by atoms with E-state index in [-0.39, 0.29) is 29.4 Å². The molecule has 1 aliphatic heterocycles. The van der Waals surface area contributed by atoms with Crippen molar-refractivity contribution in [2.24, 2.45) is 0 Å². The SMILES string of the molecule is Cc1ccccc1NC(=O)/C(C#N)=C/c1cc2c(cc1[N+](=O)[O-])OCO2. The van der Waals surface area contributed by atoms with Gasteiger partial charge < -0.3 is 14.8 Å². The number of carbonyl (C=O) groups is 1. The van der Waals surface area contributed by atoms with Crippen LogP contribution in [-0.4, -0.2) is 17.6 Å². The van der Waals surface area contributed by atoms with Crippen LogP contribution in [0.25, 0.3) is 6.08 Å². The molecule has 0 atom stereocenters. The van der Waals surface area contributed by atoms with E-state index < -0.39 is 10.8 Å². The number of aryl methyl sites for hydroxylation is 1. The van der Waals surface area contributed by atoms with E-state index >= 15 is 0 Å². The van der Waals surface area contributed by atoms with Gasteiger partial charge in [-0.3, -0.25) is 14.9 Å². The molecule has 0 aliphatic carbocycles. The first kappa shape index (κ1) is 17.0. The molecule has 8 heteroatoms. The zero-order valence-corrected chi connectivity index (χ0v) is 13.7. The number of nitrogens with one attached hydrogen (secondary N) is 1. The Kier molecular flexibility index (Phi) is 4.53. The molecule has 1 heterocycles. The summed E-state index contributed by atoms with van der Waals surface area (Å²) in [6, 6.07) is 11.4.